The predicted molar refractivity (Wildman–Crippen MR) is 125 cm³/mol. The van der Waals surface area contributed by atoms with Crippen LogP contribution in [-0.2, 0) is 20.6 Å². The number of thioether (sulfide) groups is 1. The molecule has 1 aliphatic rings. The average molecular weight is 463 g/mol. The largest absolute Gasteiger partial charge is 0.492 e. The standard InChI is InChI=1S/C23H30N2O4S2/c1-19(30-18-20-8-4-2-5-9-20)23(26)24-14-17-29-21-10-12-22(13-11-21)31(27,28)25-15-6-3-7-16-25/h2,4-5,8-13,19H,3,6-7,14-18H2,1H3,(H,24,26)/t19-/m1/s1. The van der Waals surface area contributed by atoms with Crippen LogP contribution in [0.1, 0.15) is 31.7 Å². The summed E-state index contributed by atoms with van der Waals surface area (Å²) in [7, 11) is -3.43. The molecule has 31 heavy (non-hydrogen) atoms. The number of carbonyl (C=O) groups is 1. The number of nitrogens with zero attached hydrogens (tertiary/aromatic N) is 1. The van der Waals surface area contributed by atoms with Crippen LogP contribution >= 0.6 is 11.8 Å². The third kappa shape index (κ3) is 6.98. The van der Waals surface area contributed by atoms with Crippen molar-refractivity contribution in [1.82, 2.24) is 9.62 Å². The molecule has 6 nitrogen and oxygen atoms in total. The van der Waals surface area contributed by atoms with E-state index in [1.165, 1.54) is 5.56 Å². The van der Waals surface area contributed by atoms with Crippen molar-refractivity contribution in [2.75, 3.05) is 26.2 Å². The number of benzene rings is 2. The quantitative estimate of drug-likeness (QED) is 0.545. The first-order valence-corrected chi connectivity index (χ1v) is 13.1. The summed E-state index contributed by atoms with van der Waals surface area (Å²) < 4.78 is 32.6. The summed E-state index contributed by atoms with van der Waals surface area (Å²) in [5, 5.41) is 2.73. The smallest absolute Gasteiger partial charge is 0.243 e. The minimum atomic E-state index is -3.43. The van der Waals surface area contributed by atoms with Gasteiger partial charge in [-0.2, -0.15) is 4.31 Å². The average Bonchev–Trinajstić information content (AvgIpc) is 2.81. The maximum atomic E-state index is 12.7. The van der Waals surface area contributed by atoms with Gasteiger partial charge in [0.1, 0.15) is 12.4 Å². The lowest BCUT2D eigenvalue weighted by atomic mass is 10.2. The number of hydrogen-bond acceptors (Lipinski definition) is 5. The van der Waals surface area contributed by atoms with Gasteiger partial charge in [0, 0.05) is 18.8 Å². The van der Waals surface area contributed by atoms with Crippen LogP contribution in [0.2, 0.25) is 0 Å². The maximum Gasteiger partial charge on any atom is 0.243 e. The lowest BCUT2D eigenvalue weighted by Gasteiger charge is -2.25. The fourth-order valence-corrected chi connectivity index (χ4v) is 5.71. The van der Waals surface area contributed by atoms with Crippen molar-refractivity contribution in [1.29, 1.82) is 0 Å². The number of rotatable bonds is 10. The van der Waals surface area contributed by atoms with E-state index in [9.17, 15) is 13.2 Å². The molecule has 8 heteroatoms. The predicted octanol–water partition coefficient (Wildman–Crippen LogP) is 3.68. The Kier molecular flexibility index (Phi) is 8.80. The Morgan fingerprint density at radius 1 is 1.06 bits per heavy atom. The second-order valence-corrected chi connectivity index (χ2v) is 10.8. The van der Waals surface area contributed by atoms with E-state index in [0.29, 0.717) is 36.9 Å². The number of hydrogen-bond donors (Lipinski definition) is 1. The van der Waals surface area contributed by atoms with Crippen LogP contribution in [0.4, 0.5) is 0 Å². The summed E-state index contributed by atoms with van der Waals surface area (Å²) in [5.41, 5.74) is 1.20. The molecule has 1 N–H and O–H groups in total. The van der Waals surface area contributed by atoms with E-state index >= 15 is 0 Å². The van der Waals surface area contributed by atoms with E-state index in [1.807, 2.05) is 25.1 Å². The molecule has 1 aliphatic heterocycles. The van der Waals surface area contributed by atoms with Gasteiger partial charge in [0.2, 0.25) is 15.9 Å². The van der Waals surface area contributed by atoms with E-state index in [0.717, 1.165) is 25.0 Å². The molecular formula is C23H30N2O4S2. The van der Waals surface area contributed by atoms with Crippen molar-refractivity contribution < 1.29 is 17.9 Å². The second-order valence-electron chi connectivity index (χ2n) is 7.51. The van der Waals surface area contributed by atoms with Crippen LogP contribution in [0, 0.1) is 0 Å². The van der Waals surface area contributed by atoms with Gasteiger partial charge in [-0.3, -0.25) is 4.79 Å². The molecule has 0 bridgehead atoms. The highest BCUT2D eigenvalue weighted by atomic mass is 32.2. The fourth-order valence-electron chi connectivity index (χ4n) is 3.32. The molecular weight excluding hydrogens is 432 g/mol. The molecule has 0 spiro atoms. The summed E-state index contributed by atoms with van der Waals surface area (Å²) in [6, 6.07) is 16.6. The van der Waals surface area contributed by atoms with Crippen molar-refractivity contribution in [2.24, 2.45) is 0 Å². The molecule has 2 aromatic rings. The number of ether oxygens (including phenoxy) is 1. The zero-order valence-electron chi connectivity index (χ0n) is 17.8. The van der Waals surface area contributed by atoms with E-state index < -0.39 is 10.0 Å². The molecule has 0 saturated carbocycles. The van der Waals surface area contributed by atoms with Gasteiger partial charge in [-0.05, 0) is 49.6 Å². The van der Waals surface area contributed by atoms with Gasteiger partial charge in [0.15, 0.2) is 0 Å². The first kappa shape index (κ1) is 23.6. The highest BCUT2D eigenvalue weighted by Crippen LogP contribution is 2.22. The molecule has 1 saturated heterocycles. The van der Waals surface area contributed by atoms with E-state index in [1.54, 1.807) is 40.3 Å². The Balaban J connectivity index is 1.39. The first-order valence-electron chi connectivity index (χ1n) is 10.6. The Morgan fingerprint density at radius 2 is 1.74 bits per heavy atom. The van der Waals surface area contributed by atoms with Gasteiger partial charge in [0.05, 0.1) is 16.7 Å². The SMILES string of the molecule is C[C@@H](SCc1ccccc1)C(=O)NCCOc1ccc(S(=O)(=O)N2CCCCC2)cc1. The minimum absolute atomic E-state index is 0.0208. The normalized spacial score (nSPS) is 15.9. The molecule has 3 rings (SSSR count). The molecule has 0 unspecified atom stereocenters. The van der Waals surface area contributed by atoms with E-state index in [2.05, 4.69) is 17.4 Å². The second kappa shape index (κ2) is 11.5. The monoisotopic (exact) mass is 462 g/mol. The molecule has 1 fully saturated rings. The van der Waals surface area contributed by atoms with Crippen LogP contribution in [0.3, 0.4) is 0 Å². The fraction of sp³-hybridized carbons (Fsp3) is 0.435. The van der Waals surface area contributed by atoms with E-state index in [4.69, 9.17) is 4.74 Å². The van der Waals surface area contributed by atoms with Crippen LogP contribution in [0.25, 0.3) is 0 Å². The van der Waals surface area contributed by atoms with Gasteiger partial charge >= 0.3 is 0 Å². The Morgan fingerprint density at radius 3 is 2.42 bits per heavy atom. The zero-order valence-corrected chi connectivity index (χ0v) is 19.5. The highest BCUT2D eigenvalue weighted by Gasteiger charge is 2.25. The summed E-state index contributed by atoms with van der Waals surface area (Å²) in [4.78, 5) is 12.5. The molecule has 2 aromatic carbocycles. The number of amides is 1. The number of sulfonamides is 1. The highest BCUT2D eigenvalue weighted by molar-refractivity contribution is 7.99. The molecule has 168 valence electrons. The maximum absolute atomic E-state index is 12.7. The Bertz CT molecular complexity index is 928. The Hall–Kier alpha value is -2.03. The molecule has 0 aromatic heterocycles. The molecule has 1 heterocycles. The minimum Gasteiger partial charge on any atom is -0.492 e. The third-order valence-corrected chi connectivity index (χ3v) is 8.29. The summed E-state index contributed by atoms with van der Waals surface area (Å²) in [5.74, 6) is 1.35. The molecule has 0 radical (unpaired) electrons. The van der Waals surface area contributed by atoms with Crippen LogP contribution in [0.5, 0.6) is 5.75 Å². The van der Waals surface area contributed by atoms with Crippen LogP contribution in [0.15, 0.2) is 59.5 Å². The summed E-state index contributed by atoms with van der Waals surface area (Å²) >= 11 is 1.59. The van der Waals surface area contributed by atoms with Crippen molar-refractivity contribution in [3.63, 3.8) is 0 Å². The Labute approximate surface area is 189 Å². The van der Waals surface area contributed by atoms with Gasteiger partial charge < -0.3 is 10.1 Å². The lowest BCUT2D eigenvalue weighted by Crippen LogP contribution is -2.35. The van der Waals surface area contributed by atoms with Gasteiger partial charge in [-0.25, -0.2) is 8.42 Å². The number of carbonyl (C=O) groups excluding carboxylic acids is 1. The number of piperidine rings is 1. The van der Waals surface area contributed by atoms with Crippen molar-refractivity contribution in [3.05, 3.63) is 60.2 Å². The van der Waals surface area contributed by atoms with Crippen LogP contribution < -0.4 is 10.1 Å². The van der Waals surface area contributed by atoms with Gasteiger partial charge in [-0.15, -0.1) is 11.8 Å². The molecule has 0 aliphatic carbocycles. The van der Waals surface area contributed by atoms with Crippen molar-refractivity contribution >= 4 is 27.7 Å². The lowest BCUT2D eigenvalue weighted by molar-refractivity contribution is -0.120. The van der Waals surface area contributed by atoms with Gasteiger partial charge in [-0.1, -0.05) is 36.8 Å². The topological polar surface area (TPSA) is 75.7 Å². The van der Waals surface area contributed by atoms with Crippen molar-refractivity contribution in [3.8, 4) is 5.75 Å². The first-order chi connectivity index (χ1) is 15.0. The summed E-state index contributed by atoms with van der Waals surface area (Å²) in [6.07, 6.45) is 2.91. The summed E-state index contributed by atoms with van der Waals surface area (Å²) in [6.45, 7) is 3.78. The zero-order chi connectivity index (χ0) is 22.1. The van der Waals surface area contributed by atoms with Crippen molar-refractivity contribution in [2.45, 2.75) is 42.1 Å². The van der Waals surface area contributed by atoms with Gasteiger partial charge in [0.25, 0.3) is 0 Å². The molecule has 1 atom stereocenters. The van der Waals surface area contributed by atoms with E-state index in [-0.39, 0.29) is 11.2 Å². The third-order valence-electron chi connectivity index (χ3n) is 5.16. The molecule has 1 amide bonds. The number of nitrogens with one attached hydrogen (secondary N) is 1. The van der Waals surface area contributed by atoms with Crippen LogP contribution in [-0.4, -0.2) is 50.1 Å².